The van der Waals surface area contributed by atoms with Gasteiger partial charge in [0.1, 0.15) is 18.2 Å². The Morgan fingerprint density at radius 2 is 1.94 bits per heavy atom. The number of methoxy groups -OCH3 is 1. The lowest BCUT2D eigenvalue weighted by molar-refractivity contribution is -0.125. The highest BCUT2D eigenvalue weighted by Gasteiger charge is 2.27. The number of likely N-dealkylation sites (N-methyl/N-ethyl adjacent to an activating group) is 1. The highest BCUT2D eigenvalue weighted by atomic mass is 32.2. The summed E-state index contributed by atoms with van der Waals surface area (Å²) < 4.78 is 24.1. The van der Waals surface area contributed by atoms with Gasteiger partial charge in [-0.2, -0.15) is 0 Å². The Morgan fingerprint density at radius 3 is 2.56 bits per heavy atom. The van der Waals surface area contributed by atoms with Gasteiger partial charge in [0.15, 0.2) is 5.78 Å². The summed E-state index contributed by atoms with van der Waals surface area (Å²) in [4.78, 5) is 25.6. The summed E-state index contributed by atoms with van der Waals surface area (Å²) in [5.74, 6) is 0.924. The molecule has 6 nitrogen and oxygen atoms in total. The Morgan fingerprint density at radius 1 is 1.22 bits per heavy atom. The fraction of sp³-hybridized carbons (Fsp3) is 0.571. The molecule has 0 saturated heterocycles. The Labute approximate surface area is 219 Å². The van der Waals surface area contributed by atoms with E-state index in [0.717, 1.165) is 23.7 Å². The minimum atomic E-state index is -0.607. The first-order valence-electron chi connectivity index (χ1n) is 12.7. The largest absolute Gasteiger partial charge is 0.466 e. The average Bonchev–Trinajstić information content (AvgIpc) is 2.85. The van der Waals surface area contributed by atoms with E-state index >= 15 is 0 Å². The second kappa shape index (κ2) is 15.7. The fourth-order valence-corrected chi connectivity index (χ4v) is 4.90. The zero-order valence-electron chi connectivity index (χ0n) is 22.2. The number of allylic oxidation sites excluding steroid dienone is 2. The SMILES string of the molecule is CCCCC1CCC(NC(=O)COC)CC1.CSc1cccc(OC2C(C(C)=O)=CC(F)=CN2C)c1. The lowest BCUT2D eigenvalue weighted by atomic mass is 9.83. The van der Waals surface area contributed by atoms with Crippen molar-refractivity contribution in [2.45, 2.75) is 76.0 Å². The number of nitrogens with one attached hydrogen (secondary N) is 1. The predicted octanol–water partition coefficient (Wildman–Crippen LogP) is 5.88. The summed E-state index contributed by atoms with van der Waals surface area (Å²) in [5.41, 5.74) is 0.307. The molecule has 1 heterocycles. The number of hydrogen-bond donors (Lipinski definition) is 1. The standard InChI is InChI=1S/C15H16FNO2S.C13H25NO2/c1-10(18)14-7-11(16)9-17(2)15(14)19-12-5-4-6-13(8-12)20-3;1-3-4-5-11-6-8-12(9-7-11)14-13(15)10-16-2/h4-9,15H,1-3H3;11-12H,3-10H2,1-2H3,(H,14,15). The molecule has 0 spiro atoms. The molecule has 1 atom stereocenters. The van der Waals surface area contributed by atoms with E-state index in [9.17, 15) is 14.0 Å². The van der Waals surface area contributed by atoms with Gasteiger partial charge in [-0.1, -0.05) is 32.3 Å². The van der Waals surface area contributed by atoms with Crippen molar-refractivity contribution < 1.29 is 23.5 Å². The molecule has 1 amide bonds. The normalized spacial score (nSPS) is 21.5. The van der Waals surface area contributed by atoms with Crippen LogP contribution in [0.1, 0.15) is 58.8 Å². The van der Waals surface area contributed by atoms with Crippen molar-refractivity contribution in [3.05, 3.63) is 47.9 Å². The van der Waals surface area contributed by atoms with E-state index in [1.54, 1.807) is 30.8 Å². The number of carbonyl (C=O) groups is 2. The first-order valence-corrected chi connectivity index (χ1v) is 13.9. The number of hydrogen-bond acceptors (Lipinski definition) is 6. The molecular formula is C28H41FN2O4S. The number of amides is 1. The van der Waals surface area contributed by atoms with E-state index in [-0.39, 0.29) is 18.3 Å². The molecule has 1 fully saturated rings. The number of unbranched alkanes of at least 4 members (excludes halogenated alkanes) is 1. The van der Waals surface area contributed by atoms with Gasteiger partial charge >= 0.3 is 0 Å². The molecule has 3 rings (SSSR count). The van der Waals surface area contributed by atoms with E-state index in [4.69, 9.17) is 9.47 Å². The van der Waals surface area contributed by atoms with Gasteiger partial charge in [-0.15, -0.1) is 11.8 Å². The van der Waals surface area contributed by atoms with Gasteiger partial charge in [-0.3, -0.25) is 9.59 Å². The van der Waals surface area contributed by atoms with Crippen LogP contribution in [-0.2, 0) is 14.3 Å². The van der Waals surface area contributed by atoms with Crippen molar-refractivity contribution in [2.75, 3.05) is 27.0 Å². The van der Waals surface area contributed by atoms with E-state index in [2.05, 4.69) is 12.2 Å². The molecule has 1 unspecified atom stereocenters. The number of halogens is 1. The van der Waals surface area contributed by atoms with E-state index in [0.29, 0.717) is 17.4 Å². The predicted molar refractivity (Wildman–Crippen MR) is 144 cm³/mol. The molecule has 0 radical (unpaired) electrons. The maximum atomic E-state index is 13.4. The van der Waals surface area contributed by atoms with Crippen molar-refractivity contribution in [1.29, 1.82) is 0 Å². The summed E-state index contributed by atoms with van der Waals surface area (Å²) in [6, 6.07) is 7.96. The molecule has 1 aromatic rings. The molecule has 200 valence electrons. The number of carbonyl (C=O) groups excluding carboxylic acids is 2. The van der Waals surface area contributed by atoms with Gasteiger partial charge < -0.3 is 19.7 Å². The Hall–Kier alpha value is -2.32. The summed E-state index contributed by atoms with van der Waals surface area (Å²) >= 11 is 1.61. The molecule has 8 heteroatoms. The molecule has 0 aromatic heterocycles. The third-order valence-electron chi connectivity index (χ3n) is 6.40. The van der Waals surface area contributed by atoms with Gasteiger partial charge in [-0.25, -0.2) is 4.39 Å². The van der Waals surface area contributed by atoms with Crippen LogP contribution in [0.4, 0.5) is 4.39 Å². The van der Waals surface area contributed by atoms with Crippen LogP contribution in [0.3, 0.4) is 0 Å². The summed E-state index contributed by atoms with van der Waals surface area (Å²) in [7, 11) is 3.24. The van der Waals surface area contributed by atoms with Crippen molar-refractivity contribution in [3.63, 3.8) is 0 Å². The van der Waals surface area contributed by atoms with E-state index < -0.39 is 12.1 Å². The van der Waals surface area contributed by atoms with Crippen molar-refractivity contribution in [3.8, 4) is 5.75 Å². The first kappa shape index (κ1) is 29.9. The summed E-state index contributed by atoms with van der Waals surface area (Å²) in [6.07, 6.45) is 12.8. The van der Waals surface area contributed by atoms with Gasteiger partial charge in [0.05, 0.1) is 5.57 Å². The van der Waals surface area contributed by atoms with E-state index in [1.165, 1.54) is 51.3 Å². The monoisotopic (exact) mass is 520 g/mol. The van der Waals surface area contributed by atoms with Gasteiger partial charge in [-0.05, 0) is 69.1 Å². The second-order valence-electron chi connectivity index (χ2n) is 9.34. The molecule has 1 aliphatic carbocycles. The van der Waals surface area contributed by atoms with Crippen LogP contribution in [0.15, 0.2) is 52.8 Å². The molecule has 0 bridgehead atoms. The minimum Gasteiger partial charge on any atom is -0.466 e. The summed E-state index contributed by atoms with van der Waals surface area (Å²) in [5, 5.41) is 3.03. The Bertz CT molecular complexity index is 913. The number of thioether (sulfide) groups is 1. The van der Waals surface area contributed by atoms with Crippen molar-refractivity contribution in [1.82, 2.24) is 10.2 Å². The quantitative estimate of drug-likeness (QED) is 0.389. The Kier molecular flexibility index (Phi) is 13.1. The van der Waals surface area contributed by atoms with Crippen LogP contribution in [0, 0.1) is 5.92 Å². The molecule has 1 saturated carbocycles. The van der Waals surface area contributed by atoms with E-state index in [1.807, 2.05) is 30.5 Å². The number of nitrogens with zero attached hydrogens (tertiary/aromatic N) is 1. The third kappa shape index (κ3) is 9.97. The maximum Gasteiger partial charge on any atom is 0.246 e. The zero-order chi connectivity index (χ0) is 26.5. The molecule has 2 aliphatic rings. The van der Waals surface area contributed by atoms with Gasteiger partial charge in [0.2, 0.25) is 12.1 Å². The number of benzene rings is 1. The lowest BCUT2D eigenvalue weighted by Crippen LogP contribution is -2.39. The topological polar surface area (TPSA) is 67.9 Å². The summed E-state index contributed by atoms with van der Waals surface area (Å²) in [6.45, 7) is 3.85. The van der Waals surface area contributed by atoms with Crippen molar-refractivity contribution >= 4 is 23.5 Å². The zero-order valence-corrected chi connectivity index (χ0v) is 23.0. The smallest absolute Gasteiger partial charge is 0.246 e. The molecule has 1 N–H and O–H groups in total. The third-order valence-corrected chi connectivity index (χ3v) is 7.13. The molecule has 1 aliphatic heterocycles. The number of ketones is 1. The number of rotatable bonds is 10. The fourth-order valence-electron chi connectivity index (χ4n) is 4.45. The van der Waals surface area contributed by atoms with Crippen LogP contribution in [0.2, 0.25) is 0 Å². The van der Waals surface area contributed by atoms with Gasteiger partial charge in [0, 0.05) is 31.3 Å². The lowest BCUT2D eigenvalue weighted by Gasteiger charge is -2.31. The highest BCUT2D eigenvalue weighted by molar-refractivity contribution is 7.98. The molecule has 1 aromatic carbocycles. The minimum absolute atomic E-state index is 0.0273. The maximum absolute atomic E-state index is 13.4. The Balaban J connectivity index is 0.000000261. The average molecular weight is 521 g/mol. The van der Waals surface area contributed by atoms with Crippen LogP contribution < -0.4 is 10.1 Å². The second-order valence-corrected chi connectivity index (χ2v) is 10.2. The van der Waals surface area contributed by atoms with Crippen LogP contribution in [0.5, 0.6) is 5.75 Å². The van der Waals surface area contributed by atoms with Crippen LogP contribution in [-0.4, -0.2) is 55.9 Å². The van der Waals surface area contributed by atoms with Gasteiger partial charge in [0.25, 0.3) is 0 Å². The number of Topliss-reactive ketones (excluding diaryl/α,β-unsaturated/α-hetero) is 1. The molecular weight excluding hydrogens is 479 g/mol. The van der Waals surface area contributed by atoms with Crippen LogP contribution in [0.25, 0.3) is 0 Å². The number of ether oxygens (including phenoxy) is 2. The van der Waals surface area contributed by atoms with Crippen molar-refractivity contribution in [2.24, 2.45) is 5.92 Å². The molecule has 36 heavy (non-hydrogen) atoms. The highest BCUT2D eigenvalue weighted by Crippen LogP contribution is 2.28. The van der Waals surface area contributed by atoms with Crippen LogP contribution >= 0.6 is 11.8 Å². The first-order chi connectivity index (χ1) is 17.3.